The third-order valence-electron chi connectivity index (χ3n) is 2.58. The van der Waals surface area contributed by atoms with Gasteiger partial charge >= 0.3 is 0 Å². The minimum Gasteiger partial charge on any atom is -0.364 e. The number of pyridine rings is 1. The minimum absolute atomic E-state index is 0.0400. The minimum atomic E-state index is -0.318. The van der Waals surface area contributed by atoms with E-state index < -0.39 is 0 Å². The summed E-state index contributed by atoms with van der Waals surface area (Å²) in [6.07, 6.45) is 2.34. The Morgan fingerprint density at radius 1 is 1.50 bits per heavy atom. The van der Waals surface area contributed by atoms with E-state index in [-0.39, 0.29) is 22.9 Å². The van der Waals surface area contributed by atoms with Crippen LogP contribution in [0.25, 0.3) is 0 Å². The lowest BCUT2D eigenvalue weighted by Crippen LogP contribution is -2.39. The highest BCUT2D eigenvalue weighted by Crippen LogP contribution is 2.07. The molecule has 0 spiro atoms. The van der Waals surface area contributed by atoms with Crippen molar-refractivity contribution in [3.05, 3.63) is 33.7 Å². The van der Waals surface area contributed by atoms with Crippen molar-refractivity contribution in [2.45, 2.75) is 33.2 Å². The van der Waals surface area contributed by atoms with E-state index >= 15 is 0 Å². The normalized spacial score (nSPS) is 12.5. The topological polar surface area (TPSA) is 62.0 Å². The molecule has 4 nitrogen and oxygen atoms in total. The molecule has 0 saturated carbocycles. The smallest absolute Gasteiger partial charge is 0.256 e. The van der Waals surface area contributed by atoms with Gasteiger partial charge in [-0.1, -0.05) is 29.8 Å². The molecule has 0 bridgehead atoms. The van der Waals surface area contributed by atoms with Gasteiger partial charge in [-0.3, -0.25) is 9.59 Å². The number of hydrogen-bond donors (Lipinski definition) is 2. The van der Waals surface area contributed by atoms with E-state index in [4.69, 9.17) is 0 Å². The lowest BCUT2D eigenvalue weighted by molar-refractivity contribution is 0.0935. The molecule has 1 rings (SSSR count). The van der Waals surface area contributed by atoms with Crippen molar-refractivity contribution in [2.24, 2.45) is 5.92 Å². The molecule has 2 N–H and O–H groups in total. The van der Waals surface area contributed by atoms with Crippen molar-refractivity contribution in [1.29, 1.82) is 0 Å². The number of amides is 1. The van der Waals surface area contributed by atoms with E-state index in [2.05, 4.69) is 40.1 Å². The second-order valence-corrected chi connectivity index (χ2v) is 5.50. The highest BCUT2D eigenvalue weighted by molar-refractivity contribution is 9.09. The number of hydrogen-bond acceptors (Lipinski definition) is 2. The number of rotatable bonds is 5. The first-order valence-electron chi connectivity index (χ1n) is 6.00. The van der Waals surface area contributed by atoms with Crippen molar-refractivity contribution in [3.63, 3.8) is 0 Å². The predicted octanol–water partition coefficient (Wildman–Crippen LogP) is 2.22. The van der Waals surface area contributed by atoms with Crippen molar-refractivity contribution in [3.8, 4) is 0 Å². The van der Waals surface area contributed by atoms with Gasteiger partial charge in [0, 0.05) is 29.3 Å². The molecular formula is C13H19BrN2O2. The maximum atomic E-state index is 12.0. The number of carbonyl (C=O) groups is 1. The van der Waals surface area contributed by atoms with Crippen LogP contribution in [0.1, 0.15) is 36.3 Å². The van der Waals surface area contributed by atoms with Gasteiger partial charge in [-0.15, -0.1) is 0 Å². The predicted molar refractivity (Wildman–Crippen MR) is 76.3 cm³/mol. The summed E-state index contributed by atoms with van der Waals surface area (Å²) in [7, 11) is 0. The van der Waals surface area contributed by atoms with Gasteiger partial charge in [0.1, 0.15) is 5.56 Å². The molecule has 0 radical (unpaired) electrons. The van der Waals surface area contributed by atoms with E-state index in [1.807, 2.05) is 0 Å². The zero-order valence-corrected chi connectivity index (χ0v) is 12.5. The number of carbonyl (C=O) groups excluding carboxylic acids is 1. The Kier molecular flexibility index (Phi) is 5.59. The molecule has 0 aromatic carbocycles. The maximum Gasteiger partial charge on any atom is 0.256 e. The first-order valence-corrected chi connectivity index (χ1v) is 7.12. The number of alkyl halides is 1. The molecule has 0 aliphatic rings. The molecule has 1 unspecified atom stereocenters. The molecule has 18 heavy (non-hydrogen) atoms. The van der Waals surface area contributed by atoms with Crippen LogP contribution >= 0.6 is 15.9 Å². The number of aromatic amines is 1. The molecule has 1 atom stereocenters. The number of halogens is 1. The van der Waals surface area contributed by atoms with Crippen LogP contribution in [0.4, 0.5) is 0 Å². The summed E-state index contributed by atoms with van der Waals surface area (Å²) >= 11 is 3.37. The summed E-state index contributed by atoms with van der Waals surface area (Å²) in [5.74, 6) is 0.172. The first kappa shape index (κ1) is 15.0. The zero-order valence-electron chi connectivity index (χ0n) is 10.9. The maximum absolute atomic E-state index is 12.0. The molecule has 1 amide bonds. The molecule has 100 valence electrons. The Morgan fingerprint density at radius 3 is 2.67 bits per heavy atom. The summed E-state index contributed by atoms with van der Waals surface area (Å²) in [5, 5.41) is 3.55. The van der Waals surface area contributed by atoms with Crippen molar-refractivity contribution < 1.29 is 4.79 Å². The first-order chi connectivity index (χ1) is 8.43. The van der Waals surface area contributed by atoms with E-state index in [1.165, 1.54) is 12.3 Å². The van der Waals surface area contributed by atoms with Gasteiger partial charge in [0.25, 0.3) is 5.91 Å². The summed E-state index contributed by atoms with van der Waals surface area (Å²) in [6, 6.07) is 1.47. The quantitative estimate of drug-likeness (QED) is 0.819. The van der Waals surface area contributed by atoms with Gasteiger partial charge in [0.05, 0.1) is 0 Å². The number of aryl methyl sites for hydroxylation is 1. The largest absolute Gasteiger partial charge is 0.364 e. The zero-order chi connectivity index (χ0) is 13.7. The number of aromatic nitrogens is 1. The molecule has 0 aliphatic carbocycles. The van der Waals surface area contributed by atoms with Gasteiger partial charge in [-0.2, -0.15) is 0 Å². The van der Waals surface area contributed by atoms with E-state index in [0.717, 1.165) is 12.1 Å². The van der Waals surface area contributed by atoms with Crippen molar-refractivity contribution in [2.75, 3.05) is 5.33 Å². The van der Waals surface area contributed by atoms with Gasteiger partial charge in [0.15, 0.2) is 5.43 Å². The van der Waals surface area contributed by atoms with Crippen LogP contribution in [0.15, 0.2) is 17.1 Å². The molecule has 0 saturated heterocycles. The lowest BCUT2D eigenvalue weighted by Gasteiger charge is -2.18. The lowest BCUT2D eigenvalue weighted by atomic mass is 10.0. The van der Waals surface area contributed by atoms with Gasteiger partial charge in [0.2, 0.25) is 0 Å². The fourth-order valence-corrected chi connectivity index (χ4v) is 2.17. The number of H-pyrrole nitrogens is 1. The second kappa shape index (κ2) is 6.73. The van der Waals surface area contributed by atoms with Crippen LogP contribution < -0.4 is 10.7 Å². The van der Waals surface area contributed by atoms with Crippen molar-refractivity contribution in [1.82, 2.24) is 10.3 Å². The van der Waals surface area contributed by atoms with E-state index in [0.29, 0.717) is 11.2 Å². The third-order valence-corrected chi connectivity index (χ3v) is 3.36. The van der Waals surface area contributed by atoms with Crippen LogP contribution in [0.5, 0.6) is 0 Å². The average Bonchev–Trinajstić information content (AvgIpc) is 2.27. The fraction of sp³-hybridized carbons (Fsp3) is 0.538. The Hall–Kier alpha value is -1.10. The van der Waals surface area contributed by atoms with E-state index in [1.54, 1.807) is 6.92 Å². The van der Waals surface area contributed by atoms with Gasteiger partial charge < -0.3 is 10.3 Å². The van der Waals surface area contributed by atoms with Crippen LogP contribution in [0.2, 0.25) is 0 Å². The molecule has 1 heterocycles. The molecule has 0 aliphatic heterocycles. The van der Waals surface area contributed by atoms with Gasteiger partial charge in [-0.05, 0) is 19.3 Å². The SMILES string of the molecule is Cc1cc(=O)c(C(=O)NC(CBr)CC(C)C)c[nH]1. The van der Waals surface area contributed by atoms with E-state index in [9.17, 15) is 9.59 Å². The summed E-state index contributed by atoms with van der Waals surface area (Å²) in [4.78, 5) is 26.5. The highest BCUT2D eigenvalue weighted by atomic mass is 79.9. The van der Waals surface area contributed by atoms with Crippen LogP contribution in [-0.2, 0) is 0 Å². The summed E-state index contributed by atoms with van der Waals surface area (Å²) < 4.78 is 0. The van der Waals surface area contributed by atoms with Crippen LogP contribution in [0, 0.1) is 12.8 Å². The Morgan fingerprint density at radius 2 is 2.17 bits per heavy atom. The van der Waals surface area contributed by atoms with Crippen molar-refractivity contribution >= 4 is 21.8 Å². The molecule has 0 fully saturated rings. The Bertz CT molecular complexity index is 468. The highest BCUT2D eigenvalue weighted by Gasteiger charge is 2.16. The summed E-state index contributed by atoms with van der Waals surface area (Å²) in [6.45, 7) is 5.98. The van der Waals surface area contributed by atoms with Crippen LogP contribution in [-0.4, -0.2) is 22.3 Å². The Balaban J connectivity index is 2.78. The molecule has 1 aromatic rings. The fourth-order valence-electron chi connectivity index (χ4n) is 1.74. The summed E-state index contributed by atoms with van der Waals surface area (Å²) in [5.41, 5.74) is 0.660. The monoisotopic (exact) mass is 314 g/mol. The molecule has 5 heteroatoms. The van der Waals surface area contributed by atoms with Crippen LogP contribution in [0.3, 0.4) is 0 Å². The second-order valence-electron chi connectivity index (χ2n) is 4.85. The molecule has 1 aromatic heterocycles. The molecular weight excluding hydrogens is 296 g/mol. The van der Waals surface area contributed by atoms with Gasteiger partial charge in [-0.25, -0.2) is 0 Å². The standard InChI is InChI=1S/C13H19BrN2O2/c1-8(2)4-10(6-14)16-13(18)11-7-15-9(3)5-12(11)17/h5,7-8,10H,4,6H2,1-3H3,(H,15,17)(H,16,18). The average molecular weight is 315 g/mol. The third kappa shape index (κ3) is 4.29. The number of nitrogens with one attached hydrogen (secondary N) is 2. The Labute approximate surface area is 115 Å².